The Kier molecular flexibility index (Phi) is 5.52. The van der Waals surface area contributed by atoms with E-state index < -0.39 is 0 Å². The summed E-state index contributed by atoms with van der Waals surface area (Å²) in [6, 6.07) is 5.74. The lowest BCUT2D eigenvalue weighted by molar-refractivity contribution is 0.149. The number of nitrogens with zero attached hydrogens (tertiary/aromatic N) is 1. The van der Waals surface area contributed by atoms with Crippen molar-refractivity contribution in [3.63, 3.8) is 0 Å². The lowest BCUT2D eigenvalue weighted by Crippen LogP contribution is -2.23. The van der Waals surface area contributed by atoms with Gasteiger partial charge in [-0.3, -0.25) is 0 Å². The first-order chi connectivity index (χ1) is 9.22. The van der Waals surface area contributed by atoms with Gasteiger partial charge >= 0.3 is 0 Å². The van der Waals surface area contributed by atoms with Crippen molar-refractivity contribution in [2.45, 2.75) is 13.5 Å². The second-order valence-electron chi connectivity index (χ2n) is 4.28. The quantitative estimate of drug-likeness (QED) is 0.791. The Morgan fingerprint density at radius 1 is 1.26 bits per heavy atom. The summed E-state index contributed by atoms with van der Waals surface area (Å²) in [6.45, 7) is 6.16. The smallest absolute Gasteiger partial charge is 0.0590 e. The number of aromatic nitrogens is 1. The van der Waals surface area contributed by atoms with Gasteiger partial charge in [0.25, 0.3) is 0 Å². The molecule has 19 heavy (non-hydrogen) atoms. The second-order valence-corrected chi connectivity index (χ2v) is 5.12. The molecule has 104 valence electrons. The van der Waals surface area contributed by atoms with E-state index in [0.717, 1.165) is 43.8 Å². The van der Waals surface area contributed by atoms with E-state index >= 15 is 0 Å². The van der Waals surface area contributed by atoms with Crippen molar-refractivity contribution in [1.29, 1.82) is 0 Å². The van der Waals surface area contributed by atoms with Gasteiger partial charge in [0.2, 0.25) is 0 Å². The summed E-state index contributed by atoms with van der Waals surface area (Å²) in [4.78, 5) is 0. The van der Waals surface area contributed by atoms with E-state index in [1.807, 2.05) is 25.3 Å². The van der Waals surface area contributed by atoms with E-state index in [1.165, 1.54) is 0 Å². The van der Waals surface area contributed by atoms with Crippen LogP contribution < -0.4 is 5.32 Å². The molecule has 0 unspecified atom stereocenters. The van der Waals surface area contributed by atoms with E-state index in [2.05, 4.69) is 9.88 Å². The average molecular weight is 301 g/mol. The van der Waals surface area contributed by atoms with Crippen LogP contribution in [0.1, 0.15) is 6.92 Å². The fourth-order valence-corrected chi connectivity index (χ4v) is 2.57. The number of nitrogens with one attached hydrogen (secondary N) is 1. The van der Waals surface area contributed by atoms with Crippen LogP contribution >= 0.6 is 23.2 Å². The molecule has 5 heteroatoms. The topological polar surface area (TPSA) is 26.2 Å². The van der Waals surface area contributed by atoms with Crippen LogP contribution in [0.5, 0.6) is 0 Å². The highest BCUT2D eigenvalue weighted by Gasteiger charge is 2.06. The molecule has 1 heterocycles. The van der Waals surface area contributed by atoms with Crippen LogP contribution in [0, 0.1) is 0 Å². The first-order valence-electron chi connectivity index (χ1n) is 6.44. The van der Waals surface area contributed by atoms with Gasteiger partial charge in [0.05, 0.1) is 17.1 Å². The monoisotopic (exact) mass is 300 g/mol. The molecule has 2 aromatic rings. The Morgan fingerprint density at radius 2 is 2.11 bits per heavy atom. The lowest BCUT2D eigenvalue weighted by Gasteiger charge is -2.08. The second kappa shape index (κ2) is 7.15. The van der Waals surface area contributed by atoms with Crippen molar-refractivity contribution in [1.82, 2.24) is 9.88 Å². The van der Waals surface area contributed by atoms with Gasteiger partial charge in [0.15, 0.2) is 0 Å². The molecule has 2 rings (SSSR count). The van der Waals surface area contributed by atoms with Crippen LogP contribution in [0.3, 0.4) is 0 Å². The summed E-state index contributed by atoms with van der Waals surface area (Å²) in [5.41, 5.74) is 1.07. The summed E-state index contributed by atoms with van der Waals surface area (Å²) in [5, 5.41) is 5.75. The highest BCUT2D eigenvalue weighted by molar-refractivity contribution is 6.38. The van der Waals surface area contributed by atoms with Gasteiger partial charge in [-0.15, -0.1) is 0 Å². The Morgan fingerprint density at radius 3 is 2.89 bits per heavy atom. The molecule has 0 aliphatic heterocycles. The molecule has 0 amide bonds. The van der Waals surface area contributed by atoms with Gasteiger partial charge in [-0.05, 0) is 25.1 Å². The minimum absolute atomic E-state index is 0.668. The Bertz CT molecular complexity index is 539. The number of hydrogen-bond donors (Lipinski definition) is 1. The highest BCUT2D eigenvalue weighted by Crippen LogP contribution is 2.28. The van der Waals surface area contributed by atoms with Crippen molar-refractivity contribution in [2.24, 2.45) is 0 Å². The first-order valence-corrected chi connectivity index (χ1v) is 7.20. The molecule has 0 spiro atoms. The van der Waals surface area contributed by atoms with Crippen molar-refractivity contribution in [3.05, 3.63) is 34.4 Å². The predicted octanol–water partition coefficient (Wildman–Crippen LogP) is 3.57. The third kappa shape index (κ3) is 3.86. The van der Waals surface area contributed by atoms with Crippen molar-refractivity contribution < 1.29 is 4.74 Å². The molecule has 0 atom stereocenters. The van der Waals surface area contributed by atoms with Crippen molar-refractivity contribution >= 4 is 34.1 Å². The van der Waals surface area contributed by atoms with Crippen LogP contribution in [0.25, 0.3) is 10.9 Å². The fraction of sp³-hybridized carbons (Fsp3) is 0.429. The van der Waals surface area contributed by atoms with E-state index in [1.54, 1.807) is 6.07 Å². The zero-order valence-electron chi connectivity index (χ0n) is 11.0. The molecule has 0 radical (unpaired) electrons. The van der Waals surface area contributed by atoms with Gasteiger partial charge in [-0.1, -0.05) is 23.2 Å². The normalized spacial score (nSPS) is 11.3. The predicted molar refractivity (Wildman–Crippen MR) is 81.3 cm³/mol. The zero-order valence-corrected chi connectivity index (χ0v) is 12.5. The molecule has 0 aliphatic carbocycles. The molecule has 1 aromatic carbocycles. The summed E-state index contributed by atoms with van der Waals surface area (Å²) < 4.78 is 7.42. The molecule has 0 aliphatic rings. The maximum Gasteiger partial charge on any atom is 0.0590 e. The number of ether oxygens (including phenoxy) is 1. The largest absolute Gasteiger partial charge is 0.380 e. The minimum atomic E-state index is 0.668. The fourth-order valence-electron chi connectivity index (χ4n) is 2.03. The van der Waals surface area contributed by atoms with Crippen LogP contribution in [-0.4, -0.2) is 30.9 Å². The van der Waals surface area contributed by atoms with Gasteiger partial charge in [0, 0.05) is 42.8 Å². The maximum absolute atomic E-state index is 6.16. The number of benzene rings is 1. The summed E-state index contributed by atoms with van der Waals surface area (Å²) in [5.74, 6) is 0. The molecule has 3 nitrogen and oxygen atoms in total. The first kappa shape index (κ1) is 14.7. The van der Waals surface area contributed by atoms with E-state index in [9.17, 15) is 0 Å². The third-order valence-corrected chi connectivity index (χ3v) is 3.49. The number of hydrogen-bond acceptors (Lipinski definition) is 2. The molecule has 0 saturated carbocycles. The Balaban J connectivity index is 1.94. The minimum Gasteiger partial charge on any atom is -0.380 e. The molecule has 1 aromatic heterocycles. The van der Waals surface area contributed by atoms with Crippen molar-refractivity contribution in [2.75, 3.05) is 26.3 Å². The Labute approximate surface area is 123 Å². The number of fused-ring (bicyclic) bond motifs is 1. The van der Waals surface area contributed by atoms with Gasteiger partial charge in [-0.25, -0.2) is 0 Å². The molecular weight excluding hydrogens is 283 g/mol. The lowest BCUT2D eigenvalue weighted by atomic mass is 10.2. The third-order valence-electron chi connectivity index (χ3n) is 2.96. The van der Waals surface area contributed by atoms with Gasteiger partial charge in [0.1, 0.15) is 0 Å². The van der Waals surface area contributed by atoms with Crippen LogP contribution in [0.2, 0.25) is 10.0 Å². The summed E-state index contributed by atoms with van der Waals surface area (Å²) in [6.07, 6.45) is 2.04. The van der Waals surface area contributed by atoms with E-state index in [4.69, 9.17) is 27.9 Å². The number of halogens is 2. The molecule has 0 fully saturated rings. The average Bonchev–Trinajstić information content (AvgIpc) is 2.77. The number of rotatable bonds is 7. The molecular formula is C14H18Cl2N2O. The van der Waals surface area contributed by atoms with Gasteiger partial charge < -0.3 is 14.6 Å². The SMILES string of the molecule is CCOCCNCCn1ccc2c(Cl)cc(Cl)cc21. The summed E-state index contributed by atoms with van der Waals surface area (Å²) in [7, 11) is 0. The van der Waals surface area contributed by atoms with Crippen LogP contribution in [0.15, 0.2) is 24.4 Å². The molecule has 0 bridgehead atoms. The summed E-state index contributed by atoms with van der Waals surface area (Å²) >= 11 is 12.2. The molecule has 0 saturated heterocycles. The standard InChI is InChI=1S/C14H18Cl2N2O/c1-2-19-8-5-17-4-7-18-6-3-12-13(16)9-11(15)10-14(12)18/h3,6,9-10,17H,2,4-5,7-8H2,1H3. The van der Waals surface area contributed by atoms with E-state index in [0.29, 0.717) is 10.0 Å². The van der Waals surface area contributed by atoms with Crippen LogP contribution in [-0.2, 0) is 11.3 Å². The van der Waals surface area contributed by atoms with E-state index in [-0.39, 0.29) is 0 Å². The zero-order chi connectivity index (χ0) is 13.7. The van der Waals surface area contributed by atoms with Crippen LogP contribution in [0.4, 0.5) is 0 Å². The Hall–Kier alpha value is -0.740. The highest BCUT2D eigenvalue weighted by atomic mass is 35.5. The maximum atomic E-state index is 6.16. The van der Waals surface area contributed by atoms with Gasteiger partial charge in [-0.2, -0.15) is 0 Å². The molecule has 1 N–H and O–H groups in total. The van der Waals surface area contributed by atoms with Crippen molar-refractivity contribution in [3.8, 4) is 0 Å².